The molecule has 0 amide bonds. The SMILES string of the molecule is FC1(F)CN(Cc2ccccc2)CCC1N1CCC(N2CCNCC2)CC1.O=C(O)C(F)(F)F. The van der Waals surface area contributed by atoms with Gasteiger partial charge in [0.05, 0.1) is 12.6 Å². The first kappa shape index (κ1) is 26.8. The molecule has 1 aromatic rings. The molecule has 3 heterocycles. The summed E-state index contributed by atoms with van der Waals surface area (Å²) in [7, 11) is 0. The van der Waals surface area contributed by atoms with E-state index in [4.69, 9.17) is 9.90 Å². The number of nitrogens with zero attached hydrogens (tertiary/aromatic N) is 3. The van der Waals surface area contributed by atoms with Crippen LogP contribution in [0.15, 0.2) is 30.3 Å². The van der Waals surface area contributed by atoms with Crippen molar-refractivity contribution in [3.63, 3.8) is 0 Å². The zero-order chi connectivity index (χ0) is 24.8. The molecule has 0 aromatic heterocycles. The van der Waals surface area contributed by atoms with Crippen molar-refractivity contribution < 1.29 is 31.9 Å². The van der Waals surface area contributed by atoms with E-state index >= 15 is 0 Å². The van der Waals surface area contributed by atoms with E-state index in [2.05, 4.69) is 15.1 Å². The molecular formula is C23H33F5N4O2. The van der Waals surface area contributed by atoms with E-state index in [-0.39, 0.29) is 6.54 Å². The Bertz CT molecular complexity index is 766. The number of halogens is 5. The van der Waals surface area contributed by atoms with E-state index in [0.29, 0.717) is 19.0 Å². The van der Waals surface area contributed by atoms with Crippen LogP contribution in [0.1, 0.15) is 24.8 Å². The van der Waals surface area contributed by atoms with Crippen LogP contribution in [0.4, 0.5) is 22.0 Å². The number of carboxylic acid groups (broad SMARTS) is 1. The van der Waals surface area contributed by atoms with Crippen molar-refractivity contribution in [3.8, 4) is 0 Å². The van der Waals surface area contributed by atoms with E-state index in [1.807, 2.05) is 35.2 Å². The minimum absolute atomic E-state index is 0.121. The number of carbonyl (C=O) groups is 1. The summed E-state index contributed by atoms with van der Waals surface area (Å²) in [5.74, 6) is -5.39. The lowest BCUT2D eigenvalue weighted by atomic mass is 9.94. The normalized spacial score (nSPS) is 25.4. The van der Waals surface area contributed by atoms with Crippen molar-refractivity contribution in [3.05, 3.63) is 35.9 Å². The number of aliphatic carboxylic acids is 1. The summed E-state index contributed by atoms with van der Waals surface area (Å²) in [6.07, 6.45) is -2.46. The molecule has 192 valence electrons. The Morgan fingerprint density at radius 3 is 2.09 bits per heavy atom. The molecule has 1 aromatic carbocycles. The Labute approximate surface area is 196 Å². The molecule has 0 aliphatic carbocycles. The predicted octanol–water partition coefficient (Wildman–Crippen LogP) is 2.90. The average Bonchev–Trinajstić information content (AvgIpc) is 2.80. The van der Waals surface area contributed by atoms with Crippen molar-refractivity contribution in [2.45, 2.75) is 50.0 Å². The average molecular weight is 493 g/mol. The van der Waals surface area contributed by atoms with E-state index in [0.717, 1.165) is 64.2 Å². The van der Waals surface area contributed by atoms with Crippen molar-refractivity contribution in [2.24, 2.45) is 0 Å². The standard InChI is InChI=1S/C21H32F2N4.C2HF3O2/c22-21(23)17-25(16-18-4-2-1-3-5-18)11-8-20(21)27-12-6-19(7-13-27)26-14-9-24-10-15-26;3-2(4,5)1(6)7/h1-5,19-20,24H,6-17H2;(H,6,7). The van der Waals surface area contributed by atoms with Gasteiger partial charge in [0.2, 0.25) is 0 Å². The predicted molar refractivity (Wildman–Crippen MR) is 118 cm³/mol. The Hall–Kier alpha value is -1.82. The lowest BCUT2D eigenvalue weighted by Crippen LogP contribution is -2.61. The lowest BCUT2D eigenvalue weighted by Gasteiger charge is -2.47. The van der Waals surface area contributed by atoms with Gasteiger partial charge in [0, 0.05) is 58.4 Å². The molecule has 0 saturated carbocycles. The van der Waals surface area contributed by atoms with Crippen LogP contribution in [0.25, 0.3) is 0 Å². The molecule has 0 bridgehead atoms. The van der Waals surface area contributed by atoms with Crippen LogP contribution < -0.4 is 5.32 Å². The third-order valence-electron chi connectivity index (χ3n) is 6.74. The fourth-order valence-electron chi connectivity index (χ4n) is 5.03. The number of rotatable bonds is 4. The molecule has 6 nitrogen and oxygen atoms in total. The van der Waals surface area contributed by atoms with E-state index in [1.165, 1.54) is 0 Å². The molecule has 4 rings (SSSR count). The summed E-state index contributed by atoms with van der Waals surface area (Å²) < 4.78 is 61.6. The van der Waals surface area contributed by atoms with Crippen molar-refractivity contribution in [2.75, 3.05) is 52.4 Å². The summed E-state index contributed by atoms with van der Waals surface area (Å²) in [4.78, 5) is 15.4. The molecule has 11 heteroatoms. The van der Waals surface area contributed by atoms with Gasteiger partial charge in [0.15, 0.2) is 0 Å². The summed E-state index contributed by atoms with van der Waals surface area (Å²) in [5, 5.41) is 10.5. The van der Waals surface area contributed by atoms with Crippen LogP contribution in [0.5, 0.6) is 0 Å². The van der Waals surface area contributed by atoms with Gasteiger partial charge in [-0.25, -0.2) is 13.6 Å². The van der Waals surface area contributed by atoms with Crippen LogP contribution in [0, 0.1) is 0 Å². The molecule has 1 unspecified atom stereocenters. The van der Waals surface area contributed by atoms with Crippen LogP contribution in [-0.4, -0.2) is 102 Å². The molecule has 1 atom stereocenters. The third-order valence-corrected chi connectivity index (χ3v) is 6.74. The Balaban J connectivity index is 0.000000406. The molecule has 0 spiro atoms. The Kier molecular flexibility index (Phi) is 9.25. The number of piperidine rings is 2. The second-order valence-corrected chi connectivity index (χ2v) is 9.12. The summed E-state index contributed by atoms with van der Waals surface area (Å²) in [6.45, 7) is 7.18. The molecule has 2 N–H and O–H groups in total. The van der Waals surface area contributed by atoms with Crippen molar-refractivity contribution in [1.29, 1.82) is 0 Å². The maximum absolute atomic E-state index is 15.0. The van der Waals surface area contributed by atoms with Gasteiger partial charge in [-0.3, -0.25) is 14.7 Å². The number of carboxylic acids is 1. The minimum Gasteiger partial charge on any atom is -0.475 e. The second-order valence-electron chi connectivity index (χ2n) is 9.12. The number of piperazine rings is 1. The van der Waals surface area contributed by atoms with Gasteiger partial charge in [-0.1, -0.05) is 30.3 Å². The fraction of sp³-hybridized carbons (Fsp3) is 0.696. The first-order chi connectivity index (χ1) is 16.1. The molecule has 3 saturated heterocycles. The van der Waals surface area contributed by atoms with Crippen LogP contribution in [0.3, 0.4) is 0 Å². The fourth-order valence-corrected chi connectivity index (χ4v) is 5.03. The number of hydrogen-bond donors (Lipinski definition) is 2. The van der Waals surface area contributed by atoms with Gasteiger partial charge in [0.25, 0.3) is 5.92 Å². The summed E-state index contributed by atoms with van der Waals surface area (Å²) in [5.41, 5.74) is 1.11. The highest BCUT2D eigenvalue weighted by Gasteiger charge is 2.48. The van der Waals surface area contributed by atoms with Crippen molar-refractivity contribution >= 4 is 5.97 Å². The van der Waals surface area contributed by atoms with Crippen molar-refractivity contribution in [1.82, 2.24) is 20.0 Å². The van der Waals surface area contributed by atoms with E-state index in [9.17, 15) is 22.0 Å². The van der Waals surface area contributed by atoms with Gasteiger partial charge < -0.3 is 10.4 Å². The largest absolute Gasteiger partial charge is 0.490 e. The first-order valence-electron chi connectivity index (χ1n) is 11.7. The van der Waals surface area contributed by atoms with Crippen LogP contribution in [0.2, 0.25) is 0 Å². The molecule has 0 radical (unpaired) electrons. The number of hydrogen-bond acceptors (Lipinski definition) is 5. The number of benzene rings is 1. The zero-order valence-corrected chi connectivity index (χ0v) is 19.1. The van der Waals surface area contributed by atoms with Gasteiger partial charge in [-0.2, -0.15) is 13.2 Å². The first-order valence-corrected chi connectivity index (χ1v) is 11.7. The highest BCUT2D eigenvalue weighted by molar-refractivity contribution is 5.73. The van der Waals surface area contributed by atoms with E-state index < -0.39 is 24.1 Å². The maximum atomic E-state index is 15.0. The molecular weight excluding hydrogens is 459 g/mol. The highest BCUT2D eigenvalue weighted by Crippen LogP contribution is 2.34. The number of alkyl halides is 5. The molecule has 3 aliphatic rings. The van der Waals surface area contributed by atoms with Gasteiger partial charge in [-0.15, -0.1) is 0 Å². The highest BCUT2D eigenvalue weighted by atomic mass is 19.4. The smallest absolute Gasteiger partial charge is 0.475 e. The van der Waals surface area contributed by atoms with E-state index in [1.54, 1.807) is 0 Å². The number of nitrogens with one attached hydrogen (secondary N) is 1. The molecule has 3 fully saturated rings. The molecule has 3 aliphatic heterocycles. The van der Waals surface area contributed by atoms with Crippen LogP contribution >= 0.6 is 0 Å². The summed E-state index contributed by atoms with van der Waals surface area (Å²) in [6, 6.07) is 9.94. The van der Waals surface area contributed by atoms with Gasteiger partial charge in [-0.05, 0) is 24.8 Å². The second kappa shape index (κ2) is 11.7. The lowest BCUT2D eigenvalue weighted by molar-refractivity contribution is -0.192. The van der Waals surface area contributed by atoms with Gasteiger partial charge in [0.1, 0.15) is 0 Å². The quantitative estimate of drug-likeness (QED) is 0.631. The van der Waals surface area contributed by atoms with Gasteiger partial charge >= 0.3 is 12.1 Å². The minimum atomic E-state index is -5.08. The number of likely N-dealkylation sites (tertiary alicyclic amines) is 2. The van der Waals surface area contributed by atoms with Crippen LogP contribution in [-0.2, 0) is 11.3 Å². The monoisotopic (exact) mass is 492 g/mol. The maximum Gasteiger partial charge on any atom is 0.490 e. The topological polar surface area (TPSA) is 59.0 Å². The Morgan fingerprint density at radius 2 is 1.56 bits per heavy atom. The molecule has 34 heavy (non-hydrogen) atoms. The summed E-state index contributed by atoms with van der Waals surface area (Å²) >= 11 is 0. The third kappa shape index (κ3) is 7.59. The Morgan fingerprint density at radius 1 is 0.971 bits per heavy atom. The zero-order valence-electron chi connectivity index (χ0n) is 19.1.